The molecule has 0 aromatic carbocycles. The minimum Gasteiger partial charge on any atom is -0.297 e. The van der Waals surface area contributed by atoms with Crippen molar-refractivity contribution in [2.45, 2.75) is 31.8 Å². The lowest BCUT2D eigenvalue weighted by atomic mass is 10.1. The van der Waals surface area contributed by atoms with Crippen LogP contribution in [0.2, 0.25) is 0 Å². The van der Waals surface area contributed by atoms with Crippen LogP contribution in [0.3, 0.4) is 0 Å². The lowest BCUT2D eigenvalue weighted by Crippen LogP contribution is -2.39. The van der Waals surface area contributed by atoms with Crippen molar-refractivity contribution >= 4 is 0 Å². The molecule has 0 amide bonds. The first kappa shape index (κ1) is 8.46. The molecular weight excluding hydrogens is 144 g/mol. The molecule has 4 nitrogen and oxygen atoms in total. The molecule has 1 rings (SSSR count). The predicted octanol–water partition coefficient (Wildman–Crippen LogP) is 0.746. The summed E-state index contributed by atoms with van der Waals surface area (Å²) in [6.45, 7) is 2.69. The van der Waals surface area contributed by atoms with E-state index in [1.54, 1.807) is 6.92 Å². The molecule has 64 valence electrons. The lowest BCUT2D eigenvalue weighted by molar-refractivity contribution is -0.524. The summed E-state index contributed by atoms with van der Waals surface area (Å²) in [5, 5.41) is 10.4. The summed E-state index contributed by atoms with van der Waals surface area (Å²) in [7, 11) is 1.96. The zero-order chi connectivity index (χ0) is 8.43. The third kappa shape index (κ3) is 1.68. The molecule has 0 radical (unpaired) electrons. The Bertz CT molecular complexity index is 161. The van der Waals surface area contributed by atoms with Gasteiger partial charge in [-0.25, -0.2) is 0 Å². The summed E-state index contributed by atoms with van der Waals surface area (Å²) in [5.41, 5.74) is 0. The summed E-state index contributed by atoms with van der Waals surface area (Å²) >= 11 is 0. The largest absolute Gasteiger partial charge is 0.297 e. The lowest BCUT2D eigenvalue weighted by Gasteiger charge is -2.19. The molecule has 11 heavy (non-hydrogen) atoms. The molecular formula is C7H14N2O2. The van der Waals surface area contributed by atoms with Crippen LogP contribution in [0.25, 0.3) is 0 Å². The van der Waals surface area contributed by atoms with Crippen LogP contribution < -0.4 is 0 Å². The first-order valence-corrected chi connectivity index (χ1v) is 3.96. The van der Waals surface area contributed by atoms with Crippen LogP contribution in [-0.2, 0) is 0 Å². The highest BCUT2D eigenvalue weighted by Crippen LogP contribution is 2.18. The van der Waals surface area contributed by atoms with Gasteiger partial charge < -0.3 is 0 Å². The van der Waals surface area contributed by atoms with Crippen molar-refractivity contribution in [3.8, 4) is 0 Å². The van der Waals surface area contributed by atoms with Crippen LogP contribution in [0.4, 0.5) is 0 Å². The molecule has 0 aromatic heterocycles. The monoisotopic (exact) mass is 158 g/mol. The first-order valence-electron chi connectivity index (χ1n) is 3.96. The molecule has 0 aromatic rings. The molecule has 1 heterocycles. The van der Waals surface area contributed by atoms with Crippen LogP contribution in [0, 0.1) is 10.1 Å². The van der Waals surface area contributed by atoms with E-state index in [2.05, 4.69) is 4.90 Å². The van der Waals surface area contributed by atoms with Gasteiger partial charge >= 0.3 is 0 Å². The Labute approximate surface area is 66.3 Å². The molecule has 0 N–H and O–H groups in total. The Morgan fingerprint density at radius 2 is 2.36 bits per heavy atom. The summed E-state index contributed by atoms with van der Waals surface area (Å²) in [5.74, 6) is 0. The van der Waals surface area contributed by atoms with Crippen molar-refractivity contribution < 1.29 is 4.92 Å². The second kappa shape index (κ2) is 3.17. The zero-order valence-electron chi connectivity index (χ0n) is 6.99. The molecule has 0 aliphatic carbocycles. The maximum atomic E-state index is 10.4. The van der Waals surface area contributed by atoms with Crippen LogP contribution in [-0.4, -0.2) is 35.5 Å². The van der Waals surface area contributed by atoms with Gasteiger partial charge in [-0.05, 0) is 26.4 Å². The van der Waals surface area contributed by atoms with E-state index in [1.165, 1.54) is 0 Å². The maximum absolute atomic E-state index is 10.4. The van der Waals surface area contributed by atoms with Gasteiger partial charge in [-0.15, -0.1) is 0 Å². The average molecular weight is 158 g/mol. The number of hydrogen-bond donors (Lipinski definition) is 0. The summed E-state index contributed by atoms with van der Waals surface area (Å²) in [6.07, 6.45) is 2.07. The first-order chi connectivity index (χ1) is 5.13. The van der Waals surface area contributed by atoms with Crippen molar-refractivity contribution in [2.75, 3.05) is 13.6 Å². The van der Waals surface area contributed by atoms with Gasteiger partial charge in [0, 0.05) is 11.8 Å². The van der Waals surface area contributed by atoms with Crippen LogP contribution in [0.5, 0.6) is 0 Å². The number of rotatable bonds is 2. The van der Waals surface area contributed by atoms with Gasteiger partial charge in [-0.3, -0.25) is 15.0 Å². The second-order valence-corrected chi connectivity index (χ2v) is 3.22. The smallest absolute Gasteiger partial charge is 0.225 e. The van der Waals surface area contributed by atoms with E-state index in [9.17, 15) is 10.1 Å². The van der Waals surface area contributed by atoms with Crippen molar-refractivity contribution in [1.82, 2.24) is 4.90 Å². The van der Waals surface area contributed by atoms with Gasteiger partial charge in [0.2, 0.25) is 6.04 Å². The van der Waals surface area contributed by atoms with E-state index >= 15 is 0 Å². The minimum absolute atomic E-state index is 0.157. The third-order valence-corrected chi connectivity index (χ3v) is 2.47. The van der Waals surface area contributed by atoms with Crippen LogP contribution in [0.15, 0.2) is 0 Å². The number of likely N-dealkylation sites (tertiary alicyclic amines) is 1. The minimum atomic E-state index is -0.414. The average Bonchev–Trinajstić information content (AvgIpc) is 2.33. The fraction of sp³-hybridized carbons (Fsp3) is 1.00. The molecule has 1 saturated heterocycles. The molecule has 1 fully saturated rings. The highest BCUT2D eigenvalue weighted by molar-refractivity contribution is 4.80. The van der Waals surface area contributed by atoms with E-state index in [4.69, 9.17) is 0 Å². The Balaban J connectivity index is 2.52. The SMILES string of the molecule is CC(C1CCCN1C)[N+](=O)[O-]. The normalized spacial score (nSPS) is 28.7. The summed E-state index contributed by atoms with van der Waals surface area (Å²) in [4.78, 5) is 12.3. The Morgan fingerprint density at radius 3 is 2.73 bits per heavy atom. The maximum Gasteiger partial charge on any atom is 0.225 e. The molecule has 0 spiro atoms. The van der Waals surface area contributed by atoms with Crippen molar-refractivity contribution in [1.29, 1.82) is 0 Å². The number of likely N-dealkylation sites (N-methyl/N-ethyl adjacent to an activating group) is 1. The molecule has 0 bridgehead atoms. The molecule has 2 atom stereocenters. The van der Waals surface area contributed by atoms with Crippen LogP contribution >= 0.6 is 0 Å². The van der Waals surface area contributed by atoms with Gasteiger partial charge in [-0.1, -0.05) is 0 Å². The van der Waals surface area contributed by atoms with E-state index in [0.29, 0.717) is 0 Å². The zero-order valence-corrected chi connectivity index (χ0v) is 6.99. The topological polar surface area (TPSA) is 46.4 Å². The van der Waals surface area contributed by atoms with Gasteiger partial charge in [-0.2, -0.15) is 0 Å². The van der Waals surface area contributed by atoms with Crippen LogP contribution in [0.1, 0.15) is 19.8 Å². The van der Waals surface area contributed by atoms with E-state index in [1.807, 2.05) is 7.05 Å². The summed E-state index contributed by atoms with van der Waals surface area (Å²) in [6, 6.07) is -0.257. The summed E-state index contributed by atoms with van der Waals surface area (Å²) < 4.78 is 0. The fourth-order valence-corrected chi connectivity index (χ4v) is 1.69. The Kier molecular flexibility index (Phi) is 2.44. The molecule has 1 aliphatic rings. The van der Waals surface area contributed by atoms with E-state index < -0.39 is 6.04 Å². The molecule has 0 saturated carbocycles. The number of nitrogens with zero attached hydrogens (tertiary/aromatic N) is 2. The Hall–Kier alpha value is -0.640. The Morgan fingerprint density at radius 1 is 1.73 bits per heavy atom. The predicted molar refractivity (Wildman–Crippen MR) is 42.1 cm³/mol. The van der Waals surface area contributed by atoms with Crippen molar-refractivity contribution in [3.05, 3.63) is 10.1 Å². The standard InChI is InChI=1S/C7H14N2O2/c1-6(9(10)11)7-4-3-5-8(7)2/h6-7H,3-5H2,1-2H3. The second-order valence-electron chi connectivity index (χ2n) is 3.22. The van der Waals surface area contributed by atoms with Crippen molar-refractivity contribution in [2.24, 2.45) is 0 Å². The van der Waals surface area contributed by atoms with Crippen molar-refractivity contribution in [3.63, 3.8) is 0 Å². The quantitative estimate of drug-likeness (QED) is 0.440. The van der Waals surface area contributed by atoms with Gasteiger partial charge in [0.25, 0.3) is 0 Å². The van der Waals surface area contributed by atoms with E-state index in [-0.39, 0.29) is 11.0 Å². The molecule has 2 unspecified atom stereocenters. The third-order valence-electron chi connectivity index (χ3n) is 2.47. The fourth-order valence-electron chi connectivity index (χ4n) is 1.69. The highest BCUT2D eigenvalue weighted by atomic mass is 16.6. The van der Waals surface area contributed by atoms with Gasteiger partial charge in [0.05, 0.1) is 6.04 Å². The number of nitro groups is 1. The molecule has 4 heteroatoms. The molecule has 1 aliphatic heterocycles. The van der Waals surface area contributed by atoms with E-state index in [0.717, 1.165) is 19.4 Å². The van der Waals surface area contributed by atoms with Gasteiger partial charge in [0.1, 0.15) is 0 Å². The highest BCUT2D eigenvalue weighted by Gasteiger charge is 2.33. The number of hydrogen-bond acceptors (Lipinski definition) is 3. The van der Waals surface area contributed by atoms with Gasteiger partial charge in [0.15, 0.2) is 0 Å².